The largest absolute Gasteiger partial charge is 0.369 e. The summed E-state index contributed by atoms with van der Waals surface area (Å²) in [5.74, 6) is -0.137. The SMILES string of the molecule is Cc1cccc(Cn2c(N)nc3cc(F)c(Cl)cc32)c1. The Kier molecular flexibility index (Phi) is 3.10. The Morgan fingerprint density at radius 3 is 2.85 bits per heavy atom. The van der Waals surface area contributed by atoms with Crippen LogP contribution < -0.4 is 5.73 Å². The number of halogens is 2. The molecule has 5 heteroatoms. The first kappa shape index (κ1) is 12.9. The van der Waals surface area contributed by atoms with Gasteiger partial charge in [-0.15, -0.1) is 0 Å². The van der Waals surface area contributed by atoms with Gasteiger partial charge in [0.1, 0.15) is 5.82 Å². The quantitative estimate of drug-likeness (QED) is 0.780. The zero-order chi connectivity index (χ0) is 14.3. The van der Waals surface area contributed by atoms with E-state index in [1.54, 1.807) is 6.07 Å². The minimum absolute atomic E-state index is 0.0721. The standard InChI is InChI=1S/C15H13ClFN3/c1-9-3-2-4-10(5-9)8-20-14-6-11(16)12(17)7-13(14)19-15(20)18/h2-7H,8H2,1H3,(H2,18,19). The van der Waals surface area contributed by atoms with Gasteiger partial charge in [0.05, 0.1) is 22.6 Å². The molecule has 0 aliphatic heterocycles. The monoisotopic (exact) mass is 289 g/mol. The Morgan fingerprint density at radius 1 is 1.30 bits per heavy atom. The summed E-state index contributed by atoms with van der Waals surface area (Å²) in [6.07, 6.45) is 0. The Labute approximate surface area is 120 Å². The molecule has 0 aliphatic carbocycles. The first-order valence-electron chi connectivity index (χ1n) is 6.21. The van der Waals surface area contributed by atoms with Crippen LogP contribution >= 0.6 is 11.6 Å². The first-order valence-corrected chi connectivity index (χ1v) is 6.58. The molecular formula is C15H13ClFN3. The maximum atomic E-state index is 13.4. The number of nitrogens with zero attached hydrogens (tertiary/aromatic N) is 2. The lowest BCUT2D eigenvalue weighted by molar-refractivity contribution is 0.629. The van der Waals surface area contributed by atoms with Crippen molar-refractivity contribution in [3.8, 4) is 0 Å². The number of rotatable bonds is 2. The third kappa shape index (κ3) is 2.23. The van der Waals surface area contributed by atoms with Crippen molar-refractivity contribution in [2.75, 3.05) is 5.73 Å². The lowest BCUT2D eigenvalue weighted by Gasteiger charge is -2.07. The summed E-state index contributed by atoms with van der Waals surface area (Å²) < 4.78 is 15.3. The number of hydrogen-bond donors (Lipinski definition) is 1. The Morgan fingerprint density at radius 2 is 2.10 bits per heavy atom. The number of nitrogens with two attached hydrogens (primary N) is 1. The fraction of sp³-hybridized carbons (Fsp3) is 0.133. The van der Waals surface area contributed by atoms with E-state index in [-0.39, 0.29) is 5.02 Å². The lowest BCUT2D eigenvalue weighted by Crippen LogP contribution is -2.04. The molecule has 0 amide bonds. The molecule has 0 unspecified atom stereocenters. The van der Waals surface area contributed by atoms with Crippen LogP contribution in [0.4, 0.5) is 10.3 Å². The van der Waals surface area contributed by atoms with E-state index < -0.39 is 5.82 Å². The smallest absolute Gasteiger partial charge is 0.201 e. The van der Waals surface area contributed by atoms with Gasteiger partial charge < -0.3 is 10.3 Å². The molecule has 3 aromatic rings. The molecule has 0 atom stereocenters. The van der Waals surface area contributed by atoms with Crippen molar-refractivity contribution in [2.45, 2.75) is 13.5 Å². The third-order valence-electron chi connectivity index (χ3n) is 3.24. The Balaban J connectivity index is 2.11. The Bertz CT molecular complexity index is 795. The highest BCUT2D eigenvalue weighted by Gasteiger charge is 2.12. The fourth-order valence-electron chi connectivity index (χ4n) is 2.30. The second-order valence-corrected chi connectivity index (χ2v) is 5.21. The average Bonchev–Trinajstić information content (AvgIpc) is 2.67. The molecule has 0 fully saturated rings. The number of anilines is 1. The van der Waals surface area contributed by atoms with Gasteiger partial charge in [0.15, 0.2) is 0 Å². The van der Waals surface area contributed by atoms with E-state index in [1.165, 1.54) is 11.6 Å². The van der Waals surface area contributed by atoms with E-state index in [1.807, 2.05) is 29.7 Å². The highest BCUT2D eigenvalue weighted by atomic mass is 35.5. The molecule has 1 heterocycles. The minimum Gasteiger partial charge on any atom is -0.369 e. The molecule has 3 rings (SSSR count). The molecule has 2 aromatic carbocycles. The first-order chi connectivity index (χ1) is 9.54. The van der Waals surface area contributed by atoms with Gasteiger partial charge in [-0.05, 0) is 18.6 Å². The molecule has 1 aromatic heterocycles. The van der Waals surface area contributed by atoms with Crippen LogP contribution in [0.25, 0.3) is 11.0 Å². The number of fused-ring (bicyclic) bond motifs is 1. The van der Waals surface area contributed by atoms with Crippen molar-refractivity contribution in [1.82, 2.24) is 9.55 Å². The van der Waals surface area contributed by atoms with Crippen molar-refractivity contribution >= 4 is 28.6 Å². The van der Waals surface area contributed by atoms with Gasteiger partial charge in [0.25, 0.3) is 0 Å². The maximum Gasteiger partial charge on any atom is 0.201 e. The van der Waals surface area contributed by atoms with Crippen LogP contribution in [0.1, 0.15) is 11.1 Å². The van der Waals surface area contributed by atoms with Crippen LogP contribution in [0.15, 0.2) is 36.4 Å². The van der Waals surface area contributed by atoms with Crippen LogP contribution in [0, 0.1) is 12.7 Å². The number of hydrogen-bond acceptors (Lipinski definition) is 2. The van der Waals surface area contributed by atoms with Crippen LogP contribution in [-0.4, -0.2) is 9.55 Å². The zero-order valence-electron chi connectivity index (χ0n) is 10.9. The zero-order valence-corrected chi connectivity index (χ0v) is 11.7. The van der Waals surface area contributed by atoms with Crippen molar-refractivity contribution in [1.29, 1.82) is 0 Å². The van der Waals surface area contributed by atoms with E-state index in [2.05, 4.69) is 11.1 Å². The van der Waals surface area contributed by atoms with E-state index in [9.17, 15) is 4.39 Å². The van der Waals surface area contributed by atoms with E-state index in [4.69, 9.17) is 17.3 Å². The second kappa shape index (κ2) is 4.80. The van der Waals surface area contributed by atoms with Crippen molar-refractivity contribution < 1.29 is 4.39 Å². The van der Waals surface area contributed by atoms with Gasteiger partial charge in [0.2, 0.25) is 5.95 Å². The van der Waals surface area contributed by atoms with Crippen molar-refractivity contribution in [3.63, 3.8) is 0 Å². The van der Waals surface area contributed by atoms with E-state index in [0.717, 1.165) is 11.1 Å². The van der Waals surface area contributed by atoms with Gasteiger partial charge in [0, 0.05) is 6.07 Å². The minimum atomic E-state index is -0.487. The number of aromatic nitrogens is 2. The summed E-state index contributed by atoms with van der Waals surface area (Å²) >= 11 is 5.84. The third-order valence-corrected chi connectivity index (χ3v) is 3.53. The fourth-order valence-corrected chi connectivity index (χ4v) is 2.46. The number of nitrogen functional groups attached to an aromatic ring is 1. The van der Waals surface area contributed by atoms with Gasteiger partial charge in [-0.3, -0.25) is 0 Å². The van der Waals surface area contributed by atoms with Gasteiger partial charge in [-0.1, -0.05) is 41.4 Å². The lowest BCUT2D eigenvalue weighted by atomic mass is 10.1. The summed E-state index contributed by atoms with van der Waals surface area (Å²) in [6.45, 7) is 2.61. The topological polar surface area (TPSA) is 43.8 Å². The van der Waals surface area contributed by atoms with Crippen molar-refractivity contribution in [3.05, 3.63) is 58.4 Å². The summed E-state index contributed by atoms with van der Waals surface area (Å²) in [7, 11) is 0. The molecule has 0 spiro atoms. The molecular weight excluding hydrogens is 277 g/mol. The van der Waals surface area contributed by atoms with Crippen molar-refractivity contribution in [2.24, 2.45) is 0 Å². The van der Waals surface area contributed by atoms with Crippen LogP contribution in [0.2, 0.25) is 5.02 Å². The molecule has 0 radical (unpaired) electrons. The van der Waals surface area contributed by atoms with Crippen LogP contribution in [0.3, 0.4) is 0 Å². The Hall–Kier alpha value is -2.07. The molecule has 0 saturated carbocycles. The highest BCUT2D eigenvalue weighted by molar-refractivity contribution is 6.31. The van der Waals surface area contributed by atoms with E-state index >= 15 is 0 Å². The summed E-state index contributed by atoms with van der Waals surface area (Å²) in [4.78, 5) is 4.18. The molecule has 0 aliphatic rings. The normalized spacial score (nSPS) is 11.2. The summed E-state index contributed by atoms with van der Waals surface area (Å²) in [6, 6.07) is 11.0. The molecule has 20 heavy (non-hydrogen) atoms. The predicted molar refractivity (Wildman–Crippen MR) is 79.4 cm³/mol. The van der Waals surface area contributed by atoms with Crippen LogP contribution in [-0.2, 0) is 6.54 Å². The van der Waals surface area contributed by atoms with E-state index in [0.29, 0.717) is 18.0 Å². The average molecular weight is 290 g/mol. The molecule has 3 nitrogen and oxygen atoms in total. The highest BCUT2D eigenvalue weighted by Crippen LogP contribution is 2.25. The number of benzene rings is 2. The van der Waals surface area contributed by atoms with Gasteiger partial charge >= 0.3 is 0 Å². The molecule has 0 bridgehead atoms. The molecule has 0 saturated heterocycles. The second-order valence-electron chi connectivity index (χ2n) is 4.80. The maximum absolute atomic E-state index is 13.4. The number of imidazole rings is 1. The number of aryl methyl sites for hydroxylation is 1. The van der Waals surface area contributed by atoms with Crippen LogP contribution in [0.5, 0.6) is 0 Å². The summed E-state index contributed by atoms with van der Waals surface area (Å²) in [5, 5.41) is 0.0721. The molecule has 2 N–H and O–H groups in total. The van der Waals surface area contributed by atoms with Gasteiger partial charge in [-0.25, -0.2) is 9.37 Å². The summed E-state index contributed by atoms with van der Waals surface area (Å²) in [5.41, 5.74) is 9.45. The van der Waals surface area contributed by atoms with Gasteiger partial charge in [-0.2, -0.15) is 0 Å². The molecule has 102 valence electrons. The predicted octanol–water partition coefficient (Wildman–Crippen LogP) is 3.77.